The summed E-state index contributed by atoms with van der Waals surface area (Å²) in [5.41, 5.74) is 5.10. The molecule has 0 amide bonds. The molecule has 4 heterocycles. The number of hydrogen-bond donors (Lipinski definition) is 3. The van der Waals surface area contributed by atoms with E-state index in [-0.39, 0.29) is 0 Å². The van der Waals surface area contributed by atoms with Crippen molar-refractivity contribution in [3.05, 3.63) is 97.2 Å². The standard InChI is InChI=1S/C31H29N7OS/c1-20-25(10-11-28-27(20)18-35-38(28)19-31(2,3)39)30-26-15-29(34-16-21(26)12-14-33-30)36-22-6-8-23(9-7-22)37-40-24-5-4-13-32-17-24/h4-18,37,39H,19H2,1-3H3,(H,34,36). The lowest BCUT2D eigenvalue weighted by Crippen LogP contribution is -2.26. The van der Waals surface area contributed by atoms with E-state index in [2.05, 4.69) is 44.2 Å². The van der Waals surface area contributed by atoms with E-state index >= 15 is 0 Å². The summed E-state index contributed by atoms with van der Waals surface area (Å²) in [5, 5.41) is 21.3. The molecule has 0 fully saturated rings. The summed E-state index contributed by atoms with van der Waals surface area (Å²) in [6, 6.07) is 20.2. The van der Waals surface area contributed by atoms with Gasteiger partial charge in [-0.05, 0) is 92.9 Å². The number of benzene rings is 2. The largest absolute Gasteiger partial charge is 0.389 e. The number of rotatable bonds is 8. The lowest BCUT2D eigenvalue weighted by molar-refractivity contribution is 0.0591. The first-order valence-electron chi connectivity index (χ1n) is 13.0. The number of aromatic nitrogens is 5. The van der Waals surface area contributed by atoms with Crippen LogP contribution >= 0.6 is 11.9 Å². The lowest BCUT2D eigenvalue weighted by atomic mass is 9.98. The molecule has 0 radical (unpaired) electrons. The van der Waals surface area contributed by atoms with Crippen molar-refractivity contribution in [1.82, 2.24) is 24.7 Å². The quantitative estimate of drug-likeness (QED) is 0.175. The average molecular weight is 548 g/mol. The second-order valence-corrected chi connectivity index (χ2v) is 11.2. The average Bonchev–Trinajstić information content (AvgIpc) is 3.35. The highest BCUT2D eigenvalue weighted by molar-refractivity contribution is 8.00. The molecule has 2 aromatic carbocycles. The van der Waals surface area contributed by atoms with Gasteiger partial charge in [-0.25, -0.2) is 4.98 Å². The SMILES string of the molecule is Cc1c(-c2nccc3cnc(Nc4ccc(NSc5cccnc5)cc4)cc23)ccc2c1cnn2CC(C)(C)O. The second kappa shape index (κ2) is 10.6. The van der Waals surface area contributed by atoms with Gasteiger partial charge in [0.2, 0.25) is 0 Å². The molecule has 8 nitrogen and oxygen atoms in total. The predicted octanol–water partition coefficient (Wildman–Crippen LogP) is 6.98. The van der Waals surface area contributed by atoms with Crippen LogP contribution in [0.3, 0.4) is 0 Å². The van der Waals surface area contributed by atoms with Crippen LogP contribution in [-0.2, 0) is 6.54 Å². The Labute approximate surface area is 236 Å². The third kappa shape index (κ3) is 5.47. The highest BCUT2D eigenvalue weighted by Gasteiger charge is 2.18. The normalized spacial score (nSPS) is 11.7. The van der Waals surface area contributed by atoms with Crippen molar-refractivity contribution >= 4 is 50.8 Å². The highest BCUT2D eigenvalue weighted by atomic mass is 32.2. The van der Waals surface area contributed by atoms with Crippen molar-refractivity contribution in [3.63, 3.8) is 0 Å². The third-order valence-corrected chi connectivity index (χ3v) is 7.43. The molecule has 0 aliphatic heterocycles. The van der Waals surface area contributed by atoms with Crippen LogP contribution in [0.5, 0.6) is 0 Å². The number of pyridine rings is 3. The molecule has 0 aliphatic carbocycles. The Bertz CT molecular complexity index is 1800. The fourth-order valence-electron chi connectivity index (χ4n) is 4.68. The van der Waals surface area contributed by atoms with Crippen LogP contribution in [0.1, 0.15) is 19.4 Å². The number of fused-ring (bicyclic) bond motifs is 2. The van der Waals surface area contributed by atoms with E-state index in [1.54, 1.807) is 20.0 Å². The maximum absolute atomic E-state index is 10.3. The minimum Gasteiger partial charge on any atom is -0.389 e. The van der Waals surface area contributed by atoms with Crippen LogP contribution in [0.15, 0.2) is 96.5 Å². The van der Waals surface area contributed by atoms with Crippen molar-refractivity contribution in [2.24, 2.45) is 0 Å². The van der Waals surface area contributed by atoms with E-state index in [0.717, 1.165) is 60.6 Å². The summed E-state index contributed by atoms with van der Waals surface area (Å²) in [7, 11) is 0. The molecular weight excluding hydrogens is 518 g/mol. The maximum Gasteiger partial charge on any atom is 0.130 e. The van der Waals surface area contributed by atoms with E-state index in [1.165, 1.54) is 11.9 Å². The van der Waals surface area contributed by atoms with Crippen LogP contribution in [0.4, 0.5) is 17.2 Å². The van der Waals surface area contributed by atoms with Crippen molar-refractivity contribution in [1.29, 1.82) is 0 Å². The van der Waals surface area contributed by atoms with Gasteiger partial charge in [-0.3, -0.25) is 14.6 Å². The molecule has 0 atom stereocenters. The van der Waals surface area contributed by atoms with Gasteiger partial charge in [-0.1, -0.05) is 6.07 Å². The van der Waals surface area contributed by atoms with E-state index < -0.39 is 5.60 Å². The summed E-state index contributed by atoms with van der Waals surface area (Å²) >= 11 is 1.52. The molecule has 40 heavy (non-hydrogen) atoms. The lowest BCUT2D eigenvalue weighted by Gasteiger charge is -2.18. The van der Waals surface area contributed by atoms with Crippen molar-refractivity contribution < 1.29 is 5.11 Å². The van der Waals surface area contributed by atoms with E-state index in [0.29, 0.717) is 6.54 Å². The van der Waals surface area contributed by atoms with Crippen LogP contribution < -0.4 is 10.0 Å². The molecule has 0 bridgehead atoms. The molecule has 0 saturated heterocycles. The van der Waals surface area contributed by atoms with Gasteiger partial charge >= 0.3 is 0 Å². The molecule has 0 unspecified atom stereocenters. The molecule has 0 spiro atoms. The Morgan fingerprint density at radius 2 is 1.73 bits per heavy atom. The molecule has 6 rings (SSSR count). The number of anilines is 3. The summed E-state index contributed by atoms with van der Waals surface area (Å²) in [4.78, 5) is 14.6. The number of nitrogens with zero attached hydrogens (tertiary/aromatic N) is 5. The van der Waals surface area contributed by atoms with Crippen LogP contribution in [0.25, 0.3) is 32.9 Å². The van der Waals surface area contributed by atoms with E-state index in [1.807, 2.05) is 78.0 Å². The molecule has 3 N–H and O–H groups in total. The van der Waals surface area contributed by atoms with Crippen LogP contribution in [0.2, 0.25) is 0 Å². The van der Waals surface area contributed by atoms with Crippen molar-refractivity contribution in [2.75, 3.05) is 10.0 Å². The number of aliphatic hydroxyl groups is 1. The highest BCUT2D eigenvalue weighted by Crippen LogP contribution is 2.34. The fourth-order valence-corrected chi connectivity index (χ4v) is 5.32. The Hall–Kier alpha value is -4.47. The number of nitrogens with one attached hydrogen (secondary N) is 2. The Kier molecular flexibility index (Phi) is 6.83. The molecule has 0 aliphatic rings. The summed E-state index contributed by atoms with van der Waals surface area (Å²) in [5.74, 6) is 0.740. The summed E-state index contributed by atoms with van der Waals surface area (Å²) in [6.45, 7) is 6.09. The summed E-state index contributed by atoms with van der Waals surface area (Å²) in [6.07, 6.45) is 9.15. The van der Waals surface area contributed by atoms with Gasteiger partial charge in [0.15, 0.2) is 0 Å². The first kappa shape index (κ1) is 25.8. The van der Waals surface area contributed by atoms with Crippen molar-refractivity contribution in [3.8, 4) is 11.3 Å². The first-order valence-corrected chi connectivity index (χ1v) is 13.8. The van der Waals surface area contributed by atoms with E-state index in [4.69, 9.17) is 4.98 Å². The van der Waals surface area contributed by atoms with Gasteiger partial charge in [-0.2, -0.15) is 5.10 Å². The number of hydrogen-bond acceptors (Lipinski definition) is 8. The Balaban J connectivity index is 1.26. The zero-order valence-electron chi connectivity index (χ0n) is 22.5. The minimum atomic E-state index is -0.852. The van der Waals surface area contributed by atoms with E-state index in [9.17, 15) is 5.11 Å². The zero-order chi connectivity index (χ0) is 27.7. The monoisotopic (exact) mass is 547 g/mol. The molecule has 9 heteroatoms. The maximum atomic E-state index is 10.3. The number of aryl methyl sites for hydroxylation is 1. The smallest absolute Gasteiger partial charge is 0.130 e. The Morgan fingerprint density at radius 3 is 2.50 bits per heavy atom. The van der Waals surface area contributed by atoms with Gasteiger partial charge in [0.1, 0.15) is 5.82 Å². The van der Waals surface area contributed by atoms with Gasteiger partial charge in [0, 0.05) is 62.8 Å². The second-order valence-electron chi connectivity index (χ2n) is 10.3. The van der Waals surface area contributed by atoms with Gasteiger partial charge in [0.05, 0.1) is 29.6 Å². The van der Waals surface area contributed by atoms with Crippen LogP contribution in [0, 0.1) is 6.92 Å². The molecule has 200 valence electrons. The molecule has 4 aromatic heterocycles. The molecule has 6 aromatic rings. The molecular formula is C31H29N7OS. The van der Waals surface area contributed by atoms with Crippen LogP contribution in [-0.4, -0.2) is 35.4 Å². The summed E-state index contributed by atoms with van der Waals surface area (Å²) < 4.78 is 5.19. The zero-order valence-corrected chi connectivity index (χ0v) is 23.3. The molecule has 0 saturated carbocycles. The van der Waals surface area contributed by atoms with Crippen molar-refractivity contribution in [2.45, 2.75) is 37.8 Å². The first-order chi connectivity index (χ1) is 19.3. The van der Waals surface area contributed by atoms with Gasteiger partial charge in [-0.15, -0.1) is 0 Å². The minimum absolute atomic E-state index is 0.420. The Morgan fingerprint density at radius 1 is 0.900 bits per heavy atom. The fraction of sp³-hybridized carbons (Fsp3) is 0.161. The third-order valence-electron chi connectivity index (χ3n) is 6.61. The topological polar surface area (TPSA) is 101 Å². The van der Waals surface area contributed by atoms with Gasteiger partial charge in [0.25, 0.3) is 0 Å². The predicted molar refractivity (Wildman–Crippen MR) is 163 cm³/mol. The van der Waals surface area contributed by atoms with Gasteiger partial charge < -0.3 is 15.1 Å².